The molecule has 27 heavy (non-hydrogen) atoms. The molecule has 2 aromatic carbocycles. The molecule has 0 bridgehead atoms. The molecule has 0 saturated heterocycles. The van der Waals surface area contributed by atoms with Crippen LogP contribution in [0.15, 0.2) is 82.7 Å². The standard InChI is InChI=1S/C25H27OP/c26-27(20-11-3-1-4-12-20,21-13-5-2-6-14-21)25-18-19-10-9-17-22(19)23-15-7-8-16-24(23)25/h1-6,11-14,19H,7-10,15-18H2/t19-/m1/s1. The Morgan fingerprint density at radius 3 is 1.93 bits per heavy atom. The second-order valence-electron chi connectivity index (χ2n) is 8.21. The third kappa shape index (κ3) is 2.79. The summed E-state index contributed by atoms with van der Waals surface area (Å²) in [5, 5.41) is 3.29. The zero-order valence-corrected chi connectivity index (χ0v) is 16.8. The molecule has 0 heterocycles. The molecule has 1 atom stereocenters. The van der Waals surface area contributed by atoms with Crippen molar-refractivity contribution < 1.29 is 4.57 Å². The van der Waals surface area contributed by atoms with Crippen molar-refractivity contribution in [3.63, 3.8) is 0 Å². The van der Waals surface area contributed by atoms with Gasteiger partial charge < -0.3 is 4.57 Å². The molecular weight excluding hydrogens is 347 g/mol. The van der Waals surface area contributed by atoms with Gasteiger partial charge in [-0.3, -0.25) is 0 Å². The summed E-state index contributed by atoms with van der Waals surface area (Å²) in [6, 6.07) is 20.5. The lowest BCUT2D eigenvalue weighted by molar-refractivity contribution is 0.563. The van der Waals surface area contributed by atoms with Crippen molar-refractivity contribution >= 4 is 17.8 Å². The van der Waals surface area contributed by atoms with Gasteiger partial charge in [0.05, 0.1) is 0 Å². The van der Waals surface area contributed by atoms with Crippen molar-refractivity contribution in [3.05, 3.63) is 82.7 Å². The van der Waals surface area contributed by atoms with Crippen LogP contribution in [0.25, 0.3) is 0 Å². The first kappa shape index (κ1) is 17.3. The summed E-state index contributed by atoms with van der Waals surface area (Å²) in [6.07, 6.45) is 9.73. The number of hydrogen-bond donors (Lipinski definition) is 0. The molecule has 0 N–H and O–H groups in total. The molecule has 5 rings (SSSR count). The number of fused-ring (bicyclic) bond motifs is 2. The van der Waals surface area contributed by atoms with Crippen LogP contribution in [-0.4, -0.2) is 0 Å². The molecule has 0 aromatic heterocycles. The van der Waals surface area contributed by atoms with E-state index in [4.69, 9.17) is 0 Å². The Morgan fingerprint density at radius 1 is 0.704 bits per heavy atom. The molecule has 3 aliphatic rings. The maximum atomic E-state index is 14.9. The fourth-order valence-corrected chi connectivity index (χ4v) is 8.74. The Kier molecular flexibility index (Phi) is 4.44. The fourth-order valence-electron chi connectivity index (χ4n) is 5.53. The van der Waals surface area contributed by atoms with Crippen LogP contribution >= 0.6 is 7.14 Å². The molecule has 138 valence electrons. The van der Waals surface area contributed by atoms with Gasteiger partial charge in [-0.15, -0.1) is 0 Å². The van der Waals surface area contributed by atoms with Crippen molar-refractivity contribution in [2.45, 2.75) is 51.4 Å². The lowest BCUT2D eigenvalue weighted by atomic mass is 9.78. The average molecular weight is 374 g/mol. The fraction of sp³-hybridized carbons (Fsp3) is 0.360. The first-order valence-electron chi connectivity index (χ1n) is 10.4. The van der Waals surface area contributed by atoms with Gasteiger partial charge in [-0.1, -0.05) is 66.2 Å². The van der Waals surface area contributed by atoms with Gasteiger partial charge in [-0.2, -0.15) is 0 Å². The maximum absolute atomic E-state index is 14.9. The molecular formula is C25H27OP. The molecule has 2 aromatic rings. The van der Waals surface area contributed by atoms with Gasteiger partial charge in [-0.25, -0.2) is 0 Å². The summed E-state index contributed by atoms with van der Waals surface area (Å²) < 4.78 is 14.9. The quantitative estimate of drug-likeness (QED) is 0.574. The minimum atomic E-state index is -2.79. The first-order chi connectivity index (χ1) is 13.3. The van der Waals surface area contributed by atoms with E-state index < -0.39 is 7.14 Å². The predicted octanol–water partition coefficient (Wildman–Crippen LogP) is 6.33. The van der Waals surface area contributed by atoms with E-state index in [0.29, 0.717) is 5.92 Å². The summed E-state index contributed by atoms with van der Waals surface area (Å²) in [5.74, 6) is 0.637. The third-order valence-corrected chi connectivity index (χ3v) is 10.0. The molecule has 2 saturated carbocycles. The Hall–Kier alpha value is -1.85. The molecule has 1 nitrogen and oxygen atoms in total. The van der Waals surface area contributed by atoms with E-state index >= 15 is 0 Å². The minimum Gasteiger partial charge on any atom is -0.309 e. The molecule has 2 fully saturated rings. The molecule has 0 unspecified atom stereocenters. The number of benzene rings is 2. The van der Waals surface area contributed by atoms with Crippen LogP contribution in [0.5, 0.6) is 0 Å². The lowest BCUT2D eigenvalue weighted by Crippen LogP contribution is -2.23. The summed E-state index contributed by atoms with van der Waals surface area (Å²) in [6.45, 7) is 0. The third-order valence-electron chi connectivity index (χ3n) is 6.75. The van der Waals surface area contributed by atoms with Gasteiger partial charge >= 0.3 is 0 Å². The normalized spacial score (nSPS) is 22.6. The van der Waals surface area contributed by atoms with E-state index in [2.05, 4.69) is 24.3 Å². The van der Waals surface area contributed by atoms with Crippen LogP contribution in [0.3, 0.4) is 0 Å². The maximum Gasteiger partial charge on any atom is 0.167 e. The van der Waals surface area contributed by atoms with Crippen molar-refractivity contribution in [1.29, 1.82) is 0 Å². The molecule has 0 aliphatic heterocycles. The molecule has 0 spiro atoms. The smallest absolute Gasteiger partial charge is 0.167 e. The van der Waals surface area contributed by atoms with E-state index in [9.17, 15) is 4.57 Å². The predicted molar refractivity (Wildman–Crippen MR) is 114 cm³/mol. The van der Waals surface area contributed by atoms with Gasteiger partial charge in [0.1, 0.15) is 0 Å². The van der Waals surface area contributed by atoms with Gasteiger partial charge in [0.2, 0.25) is 0 Å². The number of allylic oxidation sites excluding steroid dienone is 4. The highest BCUT2D eigenvalue weighted by Crippen LogP contribution is 2.61. The average Bonchev–Trinajstić information content (AvgIpc) is 3.23. The van der Waals surface area contributed by atoms with Crippen LogP contribution in [-0.2, 0) is 4.57 Å². The highest BCUT2D eigenvalue weighted by molar-refractivity contribution is 7.82. The van der Waals surface area contributed by atoms with Crippen LogP contribution in [0, 0.1) is 5.92 Å². The van der Waals surface area contributed by atoms with Crippen molar-refractivity contribution in [3.8, 4) is 0 Å². The zero-order valence-electron chi connectivity index (χ0n) is 15.9. The van der Waals surface area contributed by atoms with Crippen molar-refractivity contribution in [2.24, 2.45) is 5.92 Å². The van der Waals surface area contributed by atoms with Crippen LogP contribution < -0.4 is 10.6 Å². The summed E-state index contributed by atoms with van der Waals surface area (Å²) >= 11 is 0. The number of hydrogen-bond acceptors (Lipinski definition) is 1. The summed E-state index contributed by atoms with van der Waals surface area (Å²) in [7, 11) is -2.79. The Morgan fingerprint density at radius 2 is 1.30 bits per heavy atom. The SMILES string of the molecule is O=P(C1=C2CCCCC2=C2CCC[C@@H]2C1)(c1ccccc1)c1ccccc1. The van der Waals surface area contributed by atoms with E-state index in [-0.39, 0.29) is 0 Å². The molecule has 0 amide bonds. The highest BCUT2D eigenvalue weighted by Gasteiger charge is 2.41. The molecule has 2 heteroatoms. The highest BCUT2D eigenvalue weighted by atomic mass is 31.2. The second kappa shape index (κ2) is 6.95. The Bertz CT molecular complexity index is 909. The van der Waals surface area contributed by atoms with Gasteiger partial charge in [-0.05, 0) is 68.4 Å². The van der Waals surface area contributed by atoms with Gasteiger partial charge in [0.25, 0.3) is 0 Å². The van der Waals surface area contributed by atoms with Crippen LogP contribution in [0.2, 0.25) is 0 Å². The molecule has 3 aliphatic carbocycles. The van der Waals surface area contributed by atoms with E-state index in [1.54, 1.807) is 11.1 Å². The Balaban J connectivity index is 1.77. The number of rotatable bonds is 3. The minimum absolute atomic E-state index is 0.637. The largest absolute Gasteiger partial charge is 0.309 e. The van der Waals surface area contributed by atoms with Crippen molar-refractivity contribution in [1.82, 2.24) is 0 Å². The van der Waals surface area contributed by atoms with E-state index in [1.165, 1.54) is 49.4 Å². The van der Waals surface area contributed by atoms with Gasteiger partial charge in [0, 0.05) is 15.9 Å². The summed E-state index contributed by atoms with van der Waals surface area (Å²) in [4.78, 5) is 0. The van der Waals surface area contributed by atoms with Crippen molar-refractivity contribution in [2.75, 3.05) is 0 Å². The van der Waals surface area contributed by atoms with Crippen LogP contribution in [0.4, 0.5) is 0 Å². The second-order valence-corrected chi connectivity index (χ2v) is 11.0. The topological polar surface area (TPSA) is 17.1 Å². The monoisotopic (exact) mass is 374 g/mol. The zero-order chi connectivity index (χ0) is 18.3. The lowest BCUT2D eigenvalue weighted by Gasteiger charge is -2.36. The van der Waals surface area contributed by atoms with Crippen LogP contribution in [0.1, 0.15) is 51.4 Å². The molecule has 0 radical (unpaired) electrons. The summed E-state index contributed by atoms with van der Waals surface area (Å²) in [5.41, 5.74) is 4.81. The van der Waals surface area contributed by atoms with Gasteiger partial charge in [0.15, 0.2) is 7.14 Å². The van der Waals surface area contributed by atoms with E-state index in [0.717, 1.165) is 23.5 Å². The van der Waals surface area contributed by atoms with E-state index in [1.807, 2.05) is 36.4 Å². The first-order valence-corrected chi connectivity index (χ1v) is 12.2. The Labute approximate surface area is 162 Å².